The van der Waals surface area contributed by atoms with Crippen LogP contribution in [0.15, 0.2) is 60.8 Å². The highest BCUT2D eigenvalue weighted by molar-refractivity contribution is 6.01. The van der Waals surface area contributed by atoms with Gasteiger partial charge in [-0.3, -0.25) is 9.59 Å². The largest absolute Gasteiger partial charge is 0.494 e. The number of fused-ring (bicyclic) bond motifs is 1. The molecule has 3 fully saturated rings. The lowest BCUT2D eigenvalue weighted by Gasteiger charge is -2.61. The smallest absolute Gasteiger partial charge is 0.255 e. The van der Waals surface area contributed by atoms with Gasteiger partial charge in [-0.15, -0.1) is 0 Å². The lowest BCUT2D eigenvalue weighted by atomic mass is 9.72. The Kier molecular flexibility index (Phi) is 5.52. The van der Waals surface area contributed by atoms with E-state index in [1.165, 1.54) is 18.8 Å². The van der Waals surface area contributed by atoms with Gasteiger partial charge in [-0.25, -0.2) is 0 Å². The van der Waals surface area contributed by atoms with E-state index in [1.807, 2.05) is 18.2 Å². The number of anilines is 1. The molecular formula is C28H32N4O3. The number of hydrogen-bond acceptors (Lipinski definition) is 5. The van der Waals surface area contributed by atoms with Crippen LogP contribution in [0, 0.1) is 5.41 Å². The van der Waals surface area contributed by atoms with Gasteiger partial charge in [0.1, 0.15) is 11.8 Å². The zero-order chi connectivity index (χ0) is 24.0. The summed E-state index contributed by atoms with van der Waals surface area (Å²) in [6.45, 7) is 10.6. The first-order valence-electron chi connectivity index (χ1n) is 12.6. The Morgan fingerprint density at radius 1 is 1.06 bits per heavy atom. The second-order valence-corrected chi connectivity index (χ2v) is 10.5. The number of piperidine rings is 1. The van der Waals surface area contributed by atoms with E-state index < -0.39 is 6.04 Å². The predicted octanol–water partition coefficient (Wildman–Crippen LogP) is 3.03. The van der Waals surface area contributed by atoms with Crippen LogP contribution in [0.3, 0.4) is 0 Å². The van der Waals surface area contributed by atoms with E-state index >= 15 is 0 Å². The van der Waals surface area contributed by atoms with Gasteiger partial charge in [0, 0.05) is 61.6 Å². The molecule has 6 rings (SSSR count). The van der Waals surface area contributed by atoms with E-state index in [4.69, 9.17) is 4.74 Å². The van der Waals surface area contributed by atoms with E-state index in [0.717, 1.165) is 43.1 Å². The molecular weight excluding hydrogens is 440 g/mol. The second kappa shape index (κ2) is 8.72. The minimum Gasteiger partial charge on any atom is -0.494 e. The summed E-state index contributed by atoms with van der Waals surface area (Å²) in [6, 6.07) is 15.9. The third-order valence-electron chi connectivity index (χ3n) is 7.79. The van der Waals surface area contributed by atoms with E-state index in [-0.39, 0.29) is 11.8 Å². The van der Waals surface area contributed by atoms with Crippen molar-refractivity contribution in [2.45, 2.75) is 31.8 Å². The van der Waals surface area contributed by atoms with Crippen molar-refractivity contribution < 1.29 is 14.3 Å². The van der Waals surface area contributed by atoms with Crippen molar-refractivity contribution in [3.63, 3.8) is 0 Å². The third kappa shape index (κ3) is 4.18. The summed E-state index contributed by atoms with van der Waals surface area (Å²) in [5, 5.41) is 2.78. The molecule has 0 aromatic heterocycles. The summed E-state index contributed by atoms with van der Waals surface area (Å²) >= 11 is 0. The minimum atomic E-state index is -0.431. The van der Waals surface area contributed by atoms with E-state index in [0.29, 0.717) is 37.0 Å². The van der Waals surface area contributed by atoms with Crippen molar-refractivity contribution in [1.82, 2.24) is 15.1 Å². The zero-order valence-corrected chi connectivity index (χ0v) is 20.0. The number of rotatable bonds is 7. The SMILES string of the molecule is C=C1CCC(N2Cc3cc(OCCCN4CC5(C4)CN(c4ccccc4)C5)ccc3C2=O)C(=O)N1. The van der Waals surface area contributed by atoms with Crippen LogP contribution in [0.25, 0.3) is 0 Å². The van der Waals surface area contributed by atoms with Gasteiger partial charge in [-0.1, -0.05) is 24.8 Å². The zero-order valence-electron chi connectivity index (χ0n) is 20.0. The highest BCUT2D eigenvalue weighted by Gasteiger charge is 2.51. The Hall–Kier alpha value is -3.32. The predicted molar refractivity (Wildman–Crippen MR) is 134 cm³/mol. The number of carbonyl (C=O) groups excluding carboxylic acids is 2. The molecule has 0 saturated carbocycles. The maximum atomic E-state index is 12.9. The van der Waals surface area contributed by atoms with Gasteiger partial charge in [0.05, 0.1) is 6.61 Å². The molecule has 3 saturated heterocycles. The van der Waals surface area contributed by atoms with Crippen LogP contribution in [-0.2, 0) is 11.3 Å². The Morgan fingerprint density at radius 3 is 2.63 bits per heavy atom. The molecule has 182 valence electrons. The fraction of sp³-hybridized carbons (Fsp3) is 0.429. The highest BCUT2D eigenvalue weighted by Crippen LogP contribution is 2.41. The van der Waals surface area contributed by atoms with Gasteiger partial charge in [0.15, 0.2) is 0 Å². The number of para-hydroxylation sites is 1. The molecule has 1 spiro atoms. The molecule has 1 N–H and O–H groups in total. The van der Waals surface area contributed by atoms with Crippen molar-refractivity contribution in [3.05, 3.63) is 71.9 Å². The van der Waals surface area contributed by atoms with E-state index in [9.17, 15) is 9.59 Å². The topological polar surface area (TPSA) is 65.1 Å². The number of nitrogens with one attached hydrogen (secondary N) is 1. The Morgan fingerprint density at radius 2 is 1.86 bits per heavy atom. The number of hydrogen-bond donors (Lipinski definition) is 1. The van der Waals surface area contributed by atoms with Crippen LogP contribution < -0.4 is 15.0 Å². The number of amides is 2. The Labute approximate surface area is 206 Å². The maximum Gasteiger partial charge on any atom is 0.255 e. The number of carbonyl (C=O) groups is 2. The lowest BCUT2D eigenvalue weighted by molar-refractivity contribution is -0.126. The number of nitrogens with zero attached hydrogens (tertiary/aromatic N) is 3. The summed E-state index contributed by atoms with van der Waals surface area (Å²) in [6.07, 6.45) is 2.30. The summed E-state index contributed by atoms with van der Waals surface area (Å²) < 4.78 is 6.01. The molecule has 0 radical (unpaired) electrons. The monoisotopic (exact) mass is 472 g/mol. The molecule has 1 unspecified atom stereocenters. The number of ether oxygens (including phenoxy) is 1. The van der Waals surface area contributed by atoms with Crippen LogP contribution in [0.5, 0.6) is 5.75 Å². The quantitative estimate of drug-likeness (QED) is 0.628. The van der Waals surface area contributed by atoms with Crippen molar-refractivity contribution >= 4 is 17.5 Å². The molecule has 4 aliphatic heterocycles. The lowest BCUT2D eigenvalue weighted by Crippen LogP contribution is -2.72. The molecule has 2 aromatic carbocycles. The van der Waals surface area contributed by atoms with Gasteiger partial charge in [0.25, 0.3) is 5.91 Å². The highest BCUT2D eigenvalue weighted by atomic mass is 16.5. The van der Waals surface area contributed by atoms with Crippen LogP contribution in [-0.4, -0.2) is 67.0 Å². The van der Waals surface area contributed by atoms with Crippen molar-refractivity contribution in [2.75, 3.05) is 44.2 Å². The van der Waals surface area contributed by atoms with Crippen molar-refractivity contribution in [3.8, 4) is 5.75 Å². The van der Waals surface area contributed by atoms with Crippen LogP contribution in [0.1, 0.15) is 35.2 Å². The number of likely N-dealkylation sites (tertiary alicyclic amines) is 1. The Bertz CT molecular complexity index is 1150. The molecule has 4 heterocycles. The molecule has 4 aliphatic rings. The molecule has 7 nitrogen and oxygen atoms in total. The molecule has 2 aromatic rings. The number of benzene rings is 2. The summed E-state index contributed by atoms with van der Waals surface area (Å²) in [5.41, 5.74) is 4.14. The molecule has 2 amide bonds. The normalized spacial score (nSPS) is 23.1. The molecule has 7 heteroatoms. The first-order chi connectivity index (χ1) is 17.0. The molecule has 0 bridgehead atoms. The first kappa shape index (κ1) is 22.2. The van der Waals surface area contributed by atoms with Crippen molar-refractivity contribution in [1.29, 1.82) is 0 Å². The average molecular weight is 473 g/mol. The second-order valence-electron chi connectivity index (χ2n) is 10.5. The first-order valence-corrected chi connectivity index (χ1v) is 12.6. The third-order valence-corrected chi connectivity index (χ3v) is 7.79. The van der Waals surface area contributed by atoms with E-state index in [1.54, 1.807) is 4.90 Å². The Balaban J connectivity index is 0.940. The van der Waals surface area contributed by atoms with E-state index in [2.05, 4.69) is 52.0 Å². The van der Waals surface area contributed by atoms with Gasteiger partial charge >= 0.3 is 0 Å². The minimum absolute atomic E-state index is 0.0762. The number of allylic oxidation sites excluding steroid dienone is 1. The summed E-state index contributed by atoms with van der Waals surface area (Å²) in [5.74, 6) is 0.575. The van der Waals surface area contributed by atoms with Crippen LogP contribution in [0.2, 0.25) is 0 Å². The fourth-order valence-corrected chi connectivity index (χ4v) is 6.04. The standard InChI is InChI=1S/C28H32N4O3/c1-20-8-11-25(26(33)29-20)32-15-21-14-23(9-10-24(21)27(32)34)35-13-5-12-30-16-28(17-30)18-31(19-28)22-6-3-2-4-7-22/h2-4,6-7,9-10,14,25H,1,5,8,11-13,15-19H2,(H,29,33). The van der Waals surface area contributed by atoms with Crippen LogP contribution >= 0.6 is 0 Å². The average Bonchev–Trinajstić information content (AvgIpc) is 3.12. The van der Waals surface area contributed by atoms with Gasteiger partial charge in [-0.05, 0) is 55.2 Å². The fourth-order valence-electron chi connectivity index (χ4n) is 6.04. The molecule has 1 atom stereocenters. The molecule has 35 heavy (non-hydrogen) atoms. The van der Waals surface area contributed by atoms with Crippen LogP contribution in [0.4, 0.5) is 5.69 Å². The van der Waals surface area contributed by atoms with Gasteiger partial charge in [-0.2, -0.15) is 0 Å². The maximum absolute atomic E-state index is 12.9. The summed E-state index contributed by atoms with van der Waals surface area (Å²) in [4.78, 5) is 31.9. The van der Waals surface area contributed by atoms with Gasteiger partial charge < -0.3 is 24.8 Å². The van der Waals surface area contributed by atoms with Gasteiger partial charge in [0.2, 0.25) is 5.91 Å². The summed E-state index contributed by atoms with van der Waals surface area (Å²) in [7, 11) is 0. The molecule has 0 aliphatic carbocycles. The van der Waals surface area contributed by atoms with Crippen molar-refractivity contribution in [2.24, 2.45) is 5.41 Å².